The SMILES string of the molecule is CCOc1cc(C(=O)O[C@H](C)C(=O)NC2CCCC2)ccc1OCC(=O)N1CCCCC1. The maximum atomic E-state index is 12.6. The Bertz CT molecular complexity index is 800. The molecule has 1 saturated heterocycles. The Hall–Kier alpha value is -2.77. The van der Waals surface area contributed by atoms with Crippen LogP contribution in [-0.4, -0.2) is 61.1 Å². The zero-order valence-electron chi connectivity index (χ0n) is 19.1. The number of rotatable bonds is 9. The zero-order valence-corrected chi connectivity index (χ0v) is 19.1. The highest BCUT2D eigenvalue weighted by atomic mass is 16.5. The van der Waals surface area contributed by atoms with Gasteiger partial charge in [0.05, 0.1) is 12.2 Å². The van der Waals surface area contributed by atoms with E-state index in [1.54, 1.807) is 19.1 Å². The number of piperidine rings is 1. The fourth-order valence-electron chi connectivity index (χ4n) is 4.07. The van der Waals surface area contributed by atoms with E-state index in [1.165, 1.54) is 6.07 Å². The number of hydrogen-bond acceptors (Lipinski definition) is 6. The van der Waals surface area contributed by atoms with Crippen LogP contribution in [0.5, 0.6) is 11.5 Å². The van der Waals surface area contributed by atoms with E-state index in [9.17, 15) is 14.4 Å². The zero-order chi connectivity index (χ0) is 22.9. The molecule has 1 atom stereocenters. The first kappa shape index (κ1) is 23.9. The van der Waals surface area contributed by atoms with Crippen molar-refractivity contribution in [1.29, 1.82) is 0 Å². The van der Waals surface area contributed by atoms with E-state index in [0.29, 0.717) is 18.1 Å². The molecule has 1 saturated carbocycles. The predicted octanol–water partition coefficient (Wildman–Crippen LogP) is 3.08. The molecule has 0 radical (unpaired) electrons. The summed E-state index contributed by atoms with van der Waals surface area (Å²) in [6.45, 7) is 5.20. The van der Waals surface area contributed by atoms with Gasteiger partial charge in [-0.15, -0.1) is 0 Å². The summed E-state index contributed by atoms with van der Waals surface area (Å²) in [5.74, 6) is -0.211. The normalized spacial score (nSPS) is 17.5. The average Bonchev–Trinajstić information content (AvgIpc) is 3.31. The standard InChI is InChI=1S/C24H34N2O6/c1-3-30-21-15-18(24(29)32-17(2)23(28)25-19-9-5-6-10-19)11-12-20(21)31-16-22(27)26-13-7-4-8-14-26/h11-12,15,17,19H,3-10,13-14,16H2,1-2H3,(H,25,28)/t17-/m1/s1. The number of ether oxygens (including phenoxy) is 3. The van der Waals surface area contributed by atoms with Gasteiger partial charge in [0.1, 0.15) is 0 Å². The van der Waals surface area contributed by atoms with E-state index < -0.39 is 12.1 Å². The maximum absolute atomic E-state index is 12.6. The van der Waals surface area contributed by atoms with E-state index >= 15 is 0 Å². The molecule has 8 nitrogen and oxygen atoms in total. The highest BCUT2D eigenvalue weighted by molar-refractivity contribution is 5.93. The summed E-state index contributed by atoms with van der Waals surface area (Å²) < 4.78 is 16.7. The van der Waals surface area contributed by atoms with Crippen LogP contribution in [-0.2, 0) is 14.3 Å². The van der Waals surface area contributed by atoms with Gasteiger partial charge in [-0.05, 0) is 64.2 Å². The molecule has 1 aromatic carbocycles. The van der Waals surface area contributed by atoms with Gasteiger partial charge >= 0.3 is 5.97 Å². The van der Waals surface area contributed by atoms with Crippen molar-refractivity contribution >= 4 is 17.8 Å². The molecule has 0 aromatic heterocycles. The third-order valence-electron chi connectivity index (χ3n) is 5.89. The quantitative estimate of drug-likeness (QED) is 0.586. The van der Waals surface area contributed by atoms with Gasteiger partial charge in [0.25, 0.3) is 11.8 Å². The van der Waals surface area contributed by atoms with Gasteiger partial charge in [-0.3, -0.25) is 9.59 Å². The van der Waals surface area contributed by atoms with Crippen molar-refractivity contribution in [3.8, 4) is 11.5 Å². The smallest absolute Gasteiger partial charge is 0.339 e. The second kappa shape index (κ2) is 11.7. The van der Waals surface area contributed by atoms with Crippen molar-refractivity contribution in [2.75, 3.05) is 26.3 Å². The molecule has 1 aromatic rings. The van der Waals surface area contributed by atoms with Crippen LogP contribution in [0.15, 0.2) is 18.2 Å². The van der Waals surface area contributed by atoms with Gasteiger partial charge in [0, 0.05) is 19.1 Å². The Morgan fingerprint density at radius 1 is 1.03 bits per heavy atom. The lowest BCUT2D eigenvalue weighted by molar-refractivity contribution is -0.134. The van der Waals surface area contributed by atoms with Crippen LogP contribution in [0.2, 0.25) is 0 Å². The number of amides is 2. The number of carbonyl (C=O) groups is 3. The first-order valence-corrected chi connectivity index (χ1v) is 11.7. The third-order valence-corrected chi connectivity index (χ3v) is 5.89. The summed E-state index contributed by atoms with van der Waals surface area (Å²) in [7, 11) is 0. The lowest BCUT2D eigenvalue weighted by Gasteiger charge is -2.26. The molecule has 2 aliphatic rings. The average molecular weight is 447 g/mol. The van der Waals surface area contributed by atoms with Crippen LogP contribution in [0.25, 0.3) is 0 Å². The monoisotopic (exact) mass is 446 g/mol. The number of hydrogen-bond donors (Lipinski definition) is 1. The minimum Gasteiger partial charge on any atom is -0.490 e. The van der Waals surface area contributed by atoms with Gasteiger partial charge in [-0.25, -0.2) is 4.79 Å². The molecule has 1 heterocycles. The van der Waals surface area contributed by atoms with E-state index in [0.717, 1.165) is 58.0 Å². The Balaban J connectivity index is 1.57. The number of nitrogens with zero attached hydrogens (tertiary/aromatic N) is 1. The molecular weight excluding hydrogens is 412 g/mol. The minimum atomic E-state index is -0.892. The summed E-state index contributed by atoms with van der Waals surface area (Å²) >= 11 is 0. The molecule has 3 rings (SSSR count). The van der Waals surface area contributed by atoms with Gasteiger partial charge in [0.15, 0.2) is 24.2 Å². The number of benzene rings is 1. The minimum absolute atomic E-state index is 0.0577. The molecule has 0 bridgehead atoms. The van der Waals surface area contributed by atoms with E-state index in [2.05, 4.69) is 5.32 Å². The van der Waals surface area contributed by atoms with Gasteiger partial charge in [0.2, 0.25) is 0 Å². The Morgan fingerprint density at radius 3 is 2.44 bits per heavy atom. The van der Waals surface area contributed by atoms with Crippen molar-refractivity contribution in [1.82, 2.24) is 10.2 Å². The number of nitrogens with one attached hydrogen (secondary N) is 1. The number of esters is 1. The summed E-state index contributed by atoms with van der Waals surface area (Å²) in [4.78, 5) is 39.1. The van der Waals surface area contributed by atoms with E-state index in [4.69, 9.17) is 14.2 Å². The molecule has 32 heavy (non-hydrogen) atoms. The van der Waals surface area contributed by atoms with Crippen molar-refractivity contribution < 1.29 is 28.6 Å². The molecule has 1 aliphatic heterocycles. The Kier molecular flexibility index (Phi) is 8.76. The topological polar surface area (TPSA) is 94.2 Å². The molecule has 0 spiro atoms. The maximum Gasteiger partial charge on any atom is 0.339 e. The molecular formula is C24H34N2O6. The van der Waals surface area contributed by atoms with Gasteiger partial charge < -0.3 is 24.4 Å². The van der Waals surface area contributed by atoms with Crippen LogP contribution in [0.4, 0.5) is 0 Å². The van der Waals surface area contributed by atoms with E-state index in [1.807, 2.05) is 11.8 Å². The molecule has 1 aliphatic carbocycles. The summed E-state index contributed by atoms with van der Waals surface area (Å²) in [5.41, 5.74) is 0.253. The first-order valence-electron chi connectivity index (χ1n) is 11.7. The third kappa shape index (κ3) is 6.61. The number of carbonyl (C=O) groups excluding carboxylic acids is 3. The summed E-state index contributed by atoms with van der Waals surface area (Å²) in [5, 5.41) is 2.93. The molecule has 2 fully saturated rings. The predicted molar refractivity (Wildman–Crippen MR) is 119 cm³/mol. The molecule has 0 unspecified atom stereocenters. The highest BCUT2D eigenvalue weighted by Gasteiger charge is 2.24. The van der Waals surface area contributed by atoms with Crippen LogP contribution in [0, 0.1) is 0 Å². The lowest BCUT2D eigenvalue weighted by atomic mass is 10.1. The largest absolute Gasteiger partial charge is 0.490 e. The van der Waals surface area contributed by atoms with Crippen LogP contribution < -0.4 is 14.8 Å². The Labute approximate surface area is 189 Å². The van der Waals surface area contributed by atoms with Gasteiger partial charge in [-0.2, -0.15) is 0 Å². The molecule has 2 amide bonds. The van der Waals surface area contributed by atoms with Crippen LogP contribution in [0.1, 0.15) is 69.2 Å². The molecule has 1 N–H and O–H groups in total. The summed E-state index contributed by atoms with van der Waals surface area (Å²) in [6, 6.07) is 4.83. The van der Waals surface area contributed by atoms with Crippen molar-refractivity contribution in [3.05, 3.63) is 23.8 Å². The van der Waals surface area contributed by atoms with Crippen LogP contribution >= 0.6 is 0 Å². The Morgan fingerprint density at radius 2 is 1.75 bits per heavy atom. The summed E-state index contributed by atoms with van der Waals surface area (Å²) in [6.07, 6.45) is 6.44. The van der Waals surface area contributed by atoms with Crippen molar-refractivity contribution in [2.45, 2.75) is 70.9 Å². The fraction of sp³-hybridized carbons (Fsp3) is 0.625. The van der Waals surface area contributed by atoms with Crippen LogP contribution in [0.3, 0.4) is 0 Å². The second-order valence-corrected chi connectivity index (χ2v) is 8.36. The van der Waals surface area contributed by atoms with Crippen molar-refractivity contribution in [2.24, 2.45) is 0 Å². The highest BCUT2D eigenvalue weighted by Crippen LogP contribution is 2.29. The lowest BCUT2D eigenvalue weighted by Crippen LogP contribution is -2.40. The number of likely N-dealkylation sites (tertiary alicyclic amines) is 1. The second-order valence-electron chi connectivity index (χ2n) is 8.36. The van der Waals surface area contributed by atoms with Gasteiger partial charge in [-0.1, -0.05) is 12.8 Å². The van der Waals surface area contributed by atoms with Crippen molar-refractivity contribution in [3.63, 3.8) is 0 Å². The first-order chi connectivity index (χ1) is 15.5. The van der Waals surface area contributed by atoms with E-state index in [-0.39, 0.29) is 30.0 Å². The molecule has 176 valence electrons. The molecule has 8 heteroatoms. The fourth-order valence-corrected chi connectivity index (χ4v) is 4.07.